The second-order valence-electron chi connectivity index (χ2n) is 5.69. The molecule has 0 unspecified atom stereocenters. The number of benzene rings is 2. The summed E-state index contributed by atoms with van der Waals surface area (Å²) < 4.78 is 10.6. The lowest BCUT2D eigenvalue weighted by atomic mass is 10.0. The highest BCUT2D eigenvalue weighted by atomic mass is 16.7. The van der Waals surface area contributed by atoms with Crippen molar-refractivity contribution in [2.75, 3.05) is 6.79 Å². The molecule has 0 spiro atoms. The van der Waals surface area contributed by atoms with Crippen LogP contribution in [0.3, 0.4) is 0 Å². The van der Waals surface area contributed by atoms with E-state index in [1.165, 1.54) is 30.4 Å². The van der Waals surface area contributed by atoms with Gasteiger partial charge in [0.2, 0.25) is 0 Å². The van der Waals surface area contributed by atoms with E-state index in [9.17, 15) is 19.8 Å². The van der Waals surface area contributed by atoms with Crippen molar-refractivity contribution >= 4 is 17.8 Å². The summed E-state index contributed by atoms with van der Waals surface area (Å²) in [4.78, 5) is 23.6. The molecule has 0 aliphatic carbocycles. The average molecular weight is 340 g/mol. The largest absolute Gasteiger partial charge is 0.507 e. The summed E-state index contributed by atoms with van der Waals surface area (Å²) in [5, 5.41) is 19.1. The lowest BCUT2D eigenvalue weighted by molar-refractivity contribution is -0.0165. The first-order valence-corrected chi connectivity index (χ1v) is 7.58. The molecule has 0 atom stereocenters. The number of ketones is 1. The van der Waals surface area contributed by atoms with Crippen molar-refractivity contribution in [3.8, 4) is 11.5 Å². The maximum atomic E-state index is 12.3. The van der Waals surface area contributed by atoms with Crippen LogP contribution in [-0.2, 0) is 11.3 Å². The Bertz CT molecular complexity index is 882. The van der Waals surface area contributed by atoms with Crippen molar-refractivity contribution in [1.82, 2.24) is 0 Å². The minimum atomic E-state index is -1.08. The number of allylic oxidation sites excluding steroid dienone is 1. The van der Waals surface area contributed by atoms with Crippen LogP contribution in [0.25, 0.3) is 6.08 Å². The second-order valence-corrected chi connectivity index (χ2v) is 5.69. The Morgan fingerprint density at radius 3 is 2.72 bits per heavy atom. The molecule has 0 fully saturated rings. The number of carbonyl (C=O) groups excluding carboxylic acids is 1. The first kappa shape index (κ1) is 16.7. The molecule has 0 saturated carbocycles. The quantitative estimate of drug-likeness (QED) is 0.656. The zero-order valence-corrected chi connectivity index (χ0v) is 13.5. The molecule has 0 aromatic heterocycles. The molecule has 0 radical (unpaired) electrons. The van der Waals surface area contributed by atoms with Crippen molar-refractivity contribution in [1.29, 1.82) is 0 Å². The van der Waals surface area contributed by atoms with Gasteiger partial charge in [-0.2, -0.15) is 0 Å². The molecule has 1 aliphatic heterocycles. The zero-order chi connectivity index (χ0) is 18.0. The van der Waals surface area contributed by atoms with Crippen LogP contribution in [0.2, 0.25) is 0 Å². The Balaban J connectivity index is 1.96. The summed E-state index contributed by atoms with van der Waals surface area (Å²) in [5.41, 5.74) is 2.18. The SMILES string of the molecule is Cc1ccc(C(=O)/C=C/c2cc(C(=O)O)cc3c2OCOC3)c(O)c1. The summed E-state index contributed by atoms with van der Waals surface area (Å²) in [6.07, 6.45) is 2.77. The van der Waals surface area contributed by atoms with Crippen LogP contribution >= 0.6 is 0 Å². The molecule has 6 nitrogen and oxygen atoms in total. The molecule has 0 saturated heterocycles. The fraction of sp³-hybridized carbons (Fsp3) is 0.158. The first-order valence-electron chi connectivity index (χ1n) is 7.58. The number of carboxylic acid groups (broad SMARTS) is 1. The Morgan fingerprint density at radius 1 is 1.20 bits per heavy atom. The Kier molecular flexibility index (Phi) is 4.54. The normalized spacial score (nSPS) is 13.3. The van der Waals surface area contributed by atoms with Crippen molar-refractivity contribution in [2.24, 2.45) is 0 Å². The average Bonchev–Trinajstić information content (AvgIpc) is 2.59. The second kappa shape index (κ2) is 6.78. The number of phenolic OH excluding ortho intramolecular Hbond substituents is 1. The van der Waals surface area contributed by atoms with E-state index >= 15 is 0 Å². The van der Waals surface area contributed by atoms with Gasteiger partial charge in [0, 0.05) is 11.1 Å². The standard InChI is InChI=1S/C19H16O6/c1-11-2-4-15(17(21)6-11)16(20)5-3-12-7-13(19(22)23)8-14-9-24-10-25-18(12)14/h2-8,21H,9-10H2,1H3,(H,22,23)/b5-3+. The van der Waals surface area contributed by atoms with Gasteiger partial charge in [-0.1, -0.05) is 6.07 Å². The van der Waals surface area contributed by atoms with Crippen LogP contribution in [-0.4, -0.2) is 28.8 Å². The highest BCUT2D eigenvalue weighted by Crippen LogP contribution is 2.31. The molecule has 1 aliphatic rings. The van der Waals surface area contributed by atoms with E-state index in [1.807, 2.05) is 6.92 Å². The summed E-state index contributed by atoms with van der Waals surface area (Å²) in [6.45, 7) is 2.11. The Hall–Kier alpha value is -3.12. The van der Waals surface area contributed by atoms with Gasteiger partial charge >= 0.3 is 5.97 Å². The van der Waals surface area contributed by atoms with Crippen molar-refractivity contribution in [3.63, 3.8) is 0 Å². The fourth-order valence-electron chi connectivity index (χ4n) is 2.60. The molecule has 0 bridgehead atoms. The maximum absolute atomic E-state index is 12.3. The van der Waals surface area contributed by atoms with Crippen LogP contribution in [0, 0.1) is 6.92 Å². The zero-order valence-electron chi connectivity index (χ0n) is 13.5. The van der Waals surface area contributed by atoms with E-state index in [4.69, 9.17) is 9.47 Å². The molecule has 2 N–H and O–H groups in total. The maximum Gasteiger partial charge on any atom is 0.335 e. The number of fused-ring (bicyclic) bond motifs is 1. The van der Waals surface area contributed by atoms with Gasteiger partial charge in [0.25, 0.3) is 0 Å². The molecule has 1 heterocycles. The molecule has 3 rings (SSSR count). The minimum absolute atomic E-state index is 0.0625. The Morgan fingerprint density at radius 2 is 2.00 bits per heavy atom. The van der Waals surface area contributed by atoms with Crippen LogP contribution < -0.4 is 4.74 Å². The van der Waals surface area contributed by atoms with Gasteiger partial charge in [-0.15, -0.1) is 0 Å². The Labute approximate surface area is 143 Å². The van der Waals surface area contributed by atoms with E-state index in [2.05, 4.69) is 0 Å². The fourth-order valence-corrected chi connectivity index (χ4v) is 2.60. The molecule has 6 heteroatoms. The minimum Gasteiger partial charge on any atom is -0.507 e. The van der Waals surface area contributed by atoms with Crippen molar-refractivity contribution < 1.29 is 29.3 Å². The smallest absolute Gasteiger partial charge is 0.335 e. The molecule has 25 heavy (non-hydrogen) atoms. The number of aromatic carboxylic acids is 1. The predicted molar refractivity (Wildman–Crippen MR) is 89.9 cm³/mol. The first-order chi connectivity index (χ1) is 12.0. The molecule has 2 aromatic rings. The predicted octanol–water partition coefficient (Wildman–Crippen LogP) is 3.16. The van der Waals surface area contributed by atoms with Gasteiger partial charge in [0.1, 0.15) is 11.5 Å². The highest BCUT2D eigenvalue weighted by Gasteiger charge is 2.18. The van der Waals surface area contributed by atoms with Gasteiger partial charge in [-0.05, 0) is 48.9 Å². The van der Waals surface area contributed by atoms with Gasteiger partial charge < -0.3 is 19.7 Å². The van der Waals surface area contributed by atoms with Crippen LogP contribution in [0.15, 0.2) is 36.4 Å². The van der Waals surface area contributed by atoms with E-state index in [1.54, 1.807) is 12.1 Å². The van der Waals surface area contributed by atoms with E-state index < -0.39 is 5.97 Å². The number of aromatic hydroxyl groups is 1. The monoisotopic (exact) mass is 340 g/mol. The number of phenols is 1. The van der Waals surface area contributed by atoms with Gasteiger partial charge in [-0.3, -0.25) is 4.79 Å². The number of rotatable bonds is 4. The molecule has 2 aromatic carbocycles. The van der Waals surface area contributed by atoms with E-state index in [0.717, 1.165) is 5.56 Å². The highest BCUT2D eigenvalue weighted by molar-refractivity contribution is 6.08. The van der Waals surface area contributed by atoms with Gasteiger partial charge in [0.15, 0.2) is 12.6 Å². The number of aryl methyl sites for hydroxylation is 1. The van der Waals surface area contributed by atoms with Crippen LogP contribution in [0.5, 0.6) is 11.5 Å². The van der Waals surface area contributed by atoms with E-state index in [-0.39, 0.29) is 36.1 Å². The number of hydrogen-bond donors (Lipinski definition) is 2. The summed E-state index contributed by atoms with van der Waals surface area (Å²) in [7, 11) is 0. The topological polar surface area (TPSA) is 93.1 Å². The third-order valence-corrected chi connectivity index (χ3v) is 3.82. The molecule has 0 amide bonds. The van der Waals surface area contributed by atoms with Crippen molar-refractivity contribution in [2.45, 2.75) is 13.5 Å². The van der Waals surface area contributed by atoms with Crippen molar-refractivity contribution in [3.05, 3.63) is 64.2 Å². The lowest BCUT2D eigenvalue weighted by Crippen LogP contribution is -2.13. The third kappa shape index (κ3) is 3.54. The summed E-state index contributed by atoms with van der Waals surface area (Å²) in [5.74, 6) is -1.07. The third-order valence-electron chi connectivity index (χ3n) is 3.82. The lowest BCUT2D eigenvalue weighted by Gasteiger charge is -2.20. The van der Waals surface area contributed by atoms with Crippen LogP contribution in [0.4, 0.5) is 0 Å². The number of carbonyl (C=O) groups is 2. The van der Waals surface area contributed by atoms with Gasteiger partial charge in [-0.25, -0.2) is 4.79 Å². The molecular formula is C19H16O6. The van der Waals surface area contributed by atoms with Crippen LogP contribution in [0.1, 0.15) is 37.4 Å². The number of carboxylic acids is 1. The molecular weight excluding hydrogens is 324 g/mol. The summed E-state index contributed by atoms with van der Waals surface area (Å²) >= 11 is 0. The summed E-state index contributed by atoms with van der Waals surface area (Å²) in [6, 6.07) is 7.71. The molecule has 128 valence electrons. The number of ether oxygens (including phenoxy) is 2. The van der Waals surface area contributed by atoms with E-state index in [0.29, 0.717) is 16.9 Å². The number of hydrogen-bond acceptors (Lipinski definition) is 5. The van der Waals surface area contributed by atoms with Gasteiger partial charge in [0.05, 0.1) is 17.7 Å².